The summed E-state index contributed by atoms with van der Waals surface area (Å²) < 4.78 is 0. The zero-order chi connectivity index (χ0) is 13.7. The highest BCUT2D eigenvalue weighted by Crippen LogP contribution is 2.24. The third-order valence-corrected chi connectivity index (χ3v) is 3.84. The zero-order valence-electron chi connectivity index (χ0n) is 11.2. The number of hydrogen-bond acceptors (Lipinski definition) is 3. The van der Waals surface area contributed by atoms with Gasteiger partial charge >= 0.3 is 0 Å². The van der Waals surface area contributed by atoms with Crippen molar-refractivity contribution in [2.75, 3.05) is 13.1 Å². The molecule has 1 fully saturated rings. The number of rotatable bonds is 3. The molecule has 0 bridgehead atoms. The van der Waals surface area contributed by atoms with Gasteiger partial charge in [-0.05, 0) is 37.4 Å². The molecule has 3 atom stereocenters. The number of azide groups is 1. The fourth-order valence-corrected chi connectivity index (χ4v) is 2.62. The van der Waals surface area contributed by atoms with Gasteiger partial charge < -0.3 is 5.11 Å². The lowest BCUT2D eigenvalue weighted by molar-refractivity contribution is 0.127. The summed E-state index contributed by atoms with van der Waals surface area (Å²) in [5.41, 5.74) is 9.85. The van der Waals surface area contributed by atoms with E-state index < -0.39 is 6.10 Å². The molecule has 0 unspecified atom stereocenters. The average Bonchev–Trinajstić information content (AvgIpc) is 2.62. The van der Waals surface area contributed by atoms with Gasteiger partial charge in [0.25, 0.3) is 0 Å². The Hall–Kier alpha value is -1.55. The predicted octanol–water partition coefficient (Wildman–Crippen LogP) is 2.88. The molecule has 1 aliphatic heterocycles. The molecule has 1 aromatic carbocycles. The van der Waals surface area contributed by atoms with E-state index in [0.29, 0.717) is 13.0 Å². The molecule has 0 spiro atoms. The maximum Gasteiger partial charge on any atom is 0.0760 e. The summed E-state index contributed by atoms with van der Waals surface area (Å²) in [6.07, 6.45) is 1.10. The minimum absolute atomic E-state index is 0.267. The monoisotopic (exact) mass is 260 g/mol. The standard InChI is InChI=1S/C14H20N4O/c1-11(12-6-3-2-4-7-12)18-9-5-8-14(19)13(10-18)16-17-15/h2-4,6-7,11,13-14,19H,5,8-10H2,1H3/t11-,13-,14-/m1/s1. The van der Waals surface area contributed by atoms with E-state index in [1.807, 2.05) is 18.2 Å². The average molecular weight is 260 g/mol. The van der Waals surface area contributed by atoms with Crippen LogP contribution in [0.4, 0.5) is 0 Å². The summed E-state index contributed by atoms with van der Waals surface area (Å²) in [6, 6.07) is 10.2. The van der Waals surface area contributed by atoms with E-state index in [2.05, 4.69) is 34.0 Å². The van der Waals surface area contributed by atoms with Crippen LogP contribution in [-0.2, 0) is 0 Å². The van der Waals surface area contributed by atoms with Crippen molar-refractivity contribution in [3.8, 4) is 0 Å². The normalized spacial score (nSPS) is 26.2. The van der Waals surface area contributed by atoms with Crippen LogP contribution in [-0.4, -0.2) is 35.2 Å². The second kappa shape index (κ2) is 6.57. The van der Waals surface area contributed by atoms with Gasteiger partial charge in [0, 0.05) is 17.5 Å². The van der Waals surface area contributed by atoms with Gasteiger partial charge in [-0.1, -0.05) is 35.4 Å². The lowest BCUT2D eigenvalue weighted by Gasteiger charge is -2.29. The van der Waals surface area contributed by atoms with Crippen LogP contribution < -0.4 is 0 Å². The third kappa shape index (κ3) is 3.47. The Balaban J connectivity index is 2.12. The van der Waals surface area contributed by atoms with Crippen LogP contribution in [0.15, 0.2) is 35.4 Å². The smallest absolute Gasteiger partial charge is 0.0760 e. The van der Waals surface area contributed by atoms with Crippen LogP contribution in [0.1, 0.15) is 31.4 Å². The molecule has 1 N–H and O–H groups in total. The second-order valence-corrected chi connectivity index (χ2v) is 5.06. The molecule has 1 saturated heterocycles. The summed E-state index contributed by atoms with van der Waals surface area (Å²) >= 11 is 0. The summed E-state index contributed by atoms with van der Waals surface area (Å²) in [5, 5.41) is 13.7. The summed E-state index contributed by atoms with van der Waals surface area (Å²) in [6.45, 7) is 3.69. The van der Waals surface area contributed by atoms with Crippen molar-refractivity contribution in [3.63, 3.8) is 0 Å². The number of likely N-dealkylation sites (tertiary alicyclic amines) is 1. The Labute approximate surface area is 113 Å². The molecule has 5 heteroatoms. The first-order valence-electron chi connectivity index (χ1n) is 6.73. The Morgan fingerprint density at radius 3 is 2.84 bits per heavy atom. The molecule has 2 rings (SSSR count). The zero-order valence-corrected chi connectivity index (χ0v) is 11.2. The molecule has 5 nitrogen and oxygen atoms in total. The van der Waals surface area contributed by atoms with E-state index in [4.69, 9.17) is 5.53 Å². The number of nitrogens with zero attached hydrogens (tertiary/aromatic N) is 4. The van der Waals surface area contributed by atoms with Crippen molar-refractivity contribution < 1.29 is 5.11 Å². The van der Waals surface area contributed by atoms with Gasteiger partial charge in [0.1, 0.15) is 0 Å². The summed E-state index contributed by atoms with van der Waals surface area (Å²) in [4.78, 5) is 5.14. The van der Waals surface area contributed by atoms with Gasteiger partial charge in [0.2, 0.25) is 0 Å². The van der Waals surface area contributed by atoms with E-state index in [1.165, 1.54) is 5.56 Å². The van der Waals surface area contributed by atoms with E-state index >= 15 is 0 Å². The highest BCUT2D eigenvalue weighted by molar-refractivity contribution is 5.18. The van der Waals surface area contributed by atoms with Gasteiger partial charge in [-0.15, -0.1) is 0 Å². The Morgan fingerprint density at radius 1 is 1.42 bits per heavy atom. The van der Waals surface area contributed by atoms with E-state index in [9.17, 15) is 5.11 Å². The molecular formula is C14H20N4O. The Morgan fingerprint density at radius 2 is 2.16 bits per heavy atom. The molecule has 102 valence electrons. The lowest BCUT2D eigenvalue weighted by atomic mass is 10.1. The highest BCUT2D eigenvalue weighted by atomic mass is 16.3. The molecule has 0 saturated carbocycles. The fraction of sp³-hybridized carbons (Fsp3) is 0.571. The van der Waals surface area contributed by atoms with Crippen LogP contribution >= 0.6 is 0 Å². The quantitative estimate of drug-likeness (QED) is 0.515. The Bertz CT molecular complexity index is 444. The van der Waals surface area contributed by atoms with E-state index in [1.54, 1.807) is 0 Å². The van der Waals surface area contributed by atoms with Gasteiger partial charge in [-0.25, -0.2) is 0 Å². The molecule has 0 aromatic heterocycles. The number of benzene rings is 1. The number of aliphatic hydroxyl groups is 1. The molecule has 1 aromatic rings. The number of aliphatic hydroxyl groups excluding tert-OH is 1. The SMILES string of the molecule is C[C@H](c1ccccc1)N1CCC[C@@H](O)[C@H](N=[N+]=[N-])C1. The van der Waals surface area contributed by atoms with Gasteiger partial charge in [0.05, 0.1) is 12.1 Å². The van der Waals surface area contributed by atoms with E-state index in [0.717, 1.165) is 13.0 Å². The van der Waals surface area contributed by atoms with Crippen molar-refractivity contribution >= 4 is 0 Å². The van der Waals surface area contributed by atoms with E-state index in [-0.39, 0.29) is 12.1 Å². The van der Waals surface area contributed by atoms with Crippen LogP contribution in [0.3, 0.4) is 0 Å². The molecule has 19 heavy (non-hydrogen) atoms. The molecule has 0 aliphatic carbocycles. The highest BCUT2D eigenvalue weighted by Gasteiger charge is 2.27. The molecule has 0 radical (unpaired) electrons. The summed E-state index contributed by atoms with van der Waals surface area (Å²) in [7, 11) is 0. The Kier molecular flexibility index (Phi) is 4.80. The van der Waals surface area contributed by atoms with Crippen LogP contribution in [0, 0.1) is 0 Å². The van der Waals surface area contributed by atoms with Crippen molar-refractivity contribution in [2.24, 2.45) is 5.11 Å². The minimum Gasteiger partial charge on any atom is -0.393 e. The van der Waals surface area contributed by atoms with Gasteiger partial charge in [0.15, 0.2) is 0 Å². The van der Waals surface area contributed by atoms with Crippen molar-refractivity contribution in [3.05, 3.63) is 46.3 Å². The molecule has 1 heterocycles. The van der Waals surface area contributed by atoms with Crippen molar-refractivity contribution in [2.45, 2.75) is 38.0 Å². The first kappa shape index (κ1) is 13.9. The number of hydrogen-bond donors (Lipinski definition) is 1. The maximum absolute atomic E-state index is 9.96. The molecule has 0 amide bonds. The molecule has 1 aliphatic rings. The fourth-order valence-electron chi connectivity index (χ4n) is 2.62. The maximum atomic E-state index is 9.96. The summed E-state index contributed by atoms with van der Waals surface area (Å²) in [5.74, 6) is 0. The first-order chi connectivity index (χ1) is 9.22. The van der Waals surface area contributed by atoms with Crippen molar-refractivity contribution in [1.82, 2.24) is 4.90 Å². The van der Waals surface area contributed by atoms with Gasteiger partial charge in [-0.2, -0.15) is 0 Å². The van der Waals surface area contributed by atoms with Crippen LogP contribution in [0.5, 0.6) is 0 Å². The first-order valence-corrected chi connectivity index (χ1v) is 6.73. The minimum atomic E-state index is -0.524. The van der Waals surface area contributed by atoms with Gasteiger partial charge in [-0.3, -0.25) is 4.90 Å². The van der Waals surface area contributed by atoms with Crippen LogP contribution in [0.25, 0.3) is 10.4 Å². The predicted molar refractivity (Wildman–Crippen MR) is 74.6 cm³/mol. The lowest BCUT2D eigenvalue weighted by Crippen LogP contribution is -2.36. The third-order valence-electron chi connectivity index (χ3n) is 3.84. The van der Waals surface area contributed by atoms with Crippen molar-refractivity contribution in [1.29, 1.82) is 0 Å². The largest absolute Gasteiger partial charge is 0.393 e. The van der Waals surface area contributed by atoms with Crippen LogP contribution in [0.2, 0.25) is 0 Å². The molecular weight excluding hydrogens is 240 g/mol. The second-order valence-electron chi connectivity index (χ2n) is 5.06. The topological polar surface area (TPSA) is 72.2 Å².